The number of phenols is 1. The van der Waals surface area contributed by atoms with Gasteiger partial charge in [0.2, 0.25) is 11.8 Å². The Morgan fingerprint density at radius 1 is 1.00 bits per heavy atom. The lowest BCUT2D eigenvalue weighted by atomic mass is 9.96. The number of nitrogens with one attached hydrogen (secondary N) is 2. The van der Waals surface area contributed by atoms with E-state index in [2.05, 4.69) is 17.6 Å². The molecule has 0 saturated carbocycles. The lowest BCUT2D eigenvalue weighted by Gasteiger charge is -2.36. The molecular formula is C30H51N3O5. The molecule has 8 heteroatoms. The Hall–Kier alpha value is -2.77. The maximum absolute atomic E-state index is 14.1. The van der Waals surface area contributed by atoms with Gasteiger partial charge in [-0.05, 0) is 52.0 Å². The minimum absolute atomic E-state index is 0.00637. The first kappa shape index (κ1) is 33.3. The number of hydrogen-bond acceptors (Lipinski definition) is 5. The number of nitrogens with zero attached hydrogens (tertiary/aromatic N) is 1. The fraction of sp³-hybridized carbons (Fsp3) is 0.700. The van der Waals surface area contributed by atoms with Crippen LogP contribution in [0.15, 0.2) is 18.2 Å². The number of carbonyl (C=O) groups excluding carboxylic acids is 3. The molecule has 2 unspecified atom stereocenters. The number of para-hydroxylation sites is 1. The van der Waals surface area contributed by atoms with Crippen molar-refractivity contribution in [3.63, 3.8) is 0 Å². The summed E-state index contributed by atoms with van der Waals surface area (Å²) in [5.41, 5.74) is 0.278. The summed E-state index contributed by atoms with van der Waals surface area (Å²) < 4.78 is 5.43. The van der Waals surface area contributed by atoms with Crippen LogP contribution in [0.1, 0.15) is 111 Å². The third-order valence-electron chi connectivity index (χ3n) is 6.34. The van der Waals surface area contributed by atoms with E-state index in [-0.39, 0.29) is 23.5 Å². The first-order valence-electron chi connectivity index (χ1n) is 14.2. The van der Waals surface area contributed by atoms with Crippen molar-refractivity contribution < 1.29 is 24.2 Å². The van der Waals surface area contributed by atoms with Crippen molar-refractivity contribution >= 4 is 17.9 Å². The minimum Gasteiger partial charge on any atom is -0.507 e. The number of aromatic hydroxyl groups is 1. The lowest BCUT2D eigenvalue weighted by molar-refractivity contribution is -0.143. The van der Waals surface area contributed by atoms with E-state index in [0.717, 1.165) is 38.5 Å². The van der Waals surface area contributed by atoms with Crippen LogP contribution in [0.3, 0.4) is 0 Å². The predicted molar refractivity (Wildman–Crippen MR) is 152 cm³/mol. The predicted octanol–water partition coefficient (Wildman–Crippen LogP) is 6.01. The highest BCUT2D eigenvalue weighted by Crippen LogP contribution is 2.33. The van der Waals surface area contributed by atoms with Crippen LogP contribution in [0.2, 0.25) is 0 Å². The first-order valence-corrected chi connectivity index (χ1v) is 14.2. The molecule has 0 aromatic heterocycles. The van der Waals surface area contributed by atoms with Gasteiger partial charge in [-0.25, -0.2) is 4.79 Å². The van der Waals surface area contributed by atoms with Gasteiger partial charge in [-0.1, -0.05) is 78.0 Å². The average molecular weight is 534 g/mol. The zero-order chi connectivity index (χ0) is 28.9. The van der Waals surface area contributed by atoms with Crippen molar-refractivity contribution in [2.75, 3.05) is 13.1 Å². The van der Waals surface area contributed by atoms with Crippen LogP contribution in [0, 0.1) is 12.8 Å². The third-order valence-corrected chi connectivity index (χ3v) is 6.34. The van der Waals surface area contributed by atoms with E-state index in [4.69, 9.17) is 4.74 Å². The summed E-state index contributed by atoms with van der Waals surface area (Å²) in [6.45, 7) is 15.7. The number of phenolic OH excluding ortho intramolecular Hbond substituents is 1. The third kappa shape index (κ3) is 10.9. The summed E-state index contributed by atoms with van der Waals surface area (Å²) in [4.78, 5) is 42.0. The van der Waals surface area contributed by atoms with Gasteiger partial charge < -0.3 is 25.4 Å². The Balaban J connectivity index is 3.49. The second kappa shape index (κ2) is 16.2. The monoisotopic (exact) mass is 533 g/mol. The van der Waals surface area contributed by atoms with Crippen LogP contribution in [-0.2, 0) is 14.3 Å². The Morgan fingerprint density at radius 3 is 2.21 bits per heavy atom. The number of aryl methyl sites for hydroxylation is 1. The van der Waals surface area contributed by atoms with E-state index in [1.165, 1.54) is 4.90 Å². The van der Waals surface area contributed by atoms with E-state index in [9.17, 15) is 19.5 Å². The molecule has 0 aliphatic heterocycles. The van der Waals surface area contributed by atoms with Gasteiger partial charge in [0, 0.05) is 18.7 Å². The number of rotatable bonds is 15. The van der Waals surface area contributed by atoms with Crippen LogP contribution < -0.4 is 10.6 Å². The topological polar surface area (TPSA) is 108 Å². The van der Waals surface area contributed by atoms with Gasteiger partial charge in [0.05, 0.1) is 0 Å². The van der Waals surface area contributed by atoms with Crippen molar-refractivity contribution in [3.05, 3.63) is 29.3 Å². The molecule has 38 heavy (non-hydrogen) atoms. The Kier molecular flexibility index (Phi) is 14.2. The second-order valence-corrected chi connectivity index (χ2v) is 11.4. The number of benzene rings is 1. The Bertz CT molecular complexity index is 894. The molecule has 0 heterocycles. The summed E-state index contributed by atoms with van der Waals surface area (Å²) in [6, 6.07) is 3.29. The van der Waals surface area contributed by atoms with Crippen molar-refractivity contribution in [2.45, 2.75) is 118 Å². The van der Waals surface area contributed by atoms with Crippen LogP contribution >= 0.6 is 0 Å². The molecule has 2 atom stereocenters. The summed E-state index contributed by atoms with van der Waals surface area (Å²) in [5.74, 6) is -0.987. The van der Waals surface area contributed by atoms with Gasteiger partial charge in [0.1, 0.15) is 23.4 Å². The molecule has 0 spiro atoms. The lowest BCUT2D eigenvalue weighted by Crippen LogP contribution is -2.55. The molecule has 3 amide bonds. The van der Waals surface area contributed by atoms with Gasteiger partial charge in [0.15, 0.2) is 0 Å². The van der Waals surface area contributed by atoms with Crippen LogP contribution in [-0.4, -0.2) is 52.6 Å². The maximum atomic E-state index is 14.1. The molecule has 0 fully saturated rings. The highest BCUT2D eigenvalue weighted by Gasteiger charge is 2.38. The van der Waals surface area contributed by atoms with E-state index < -0.39 is 23.8 Å². The molecule has 1 rings (SSSR count). The molecule has 0 radical (unpaired) electrons. The molecular weight excluding hydrogens is 482 g/mol. The molecule has 0 aliphatic carbocycles. The molecule has 1 aromatic carbocycles. The number of alkyl carbamates (subject to hydrolysis) is 1. The maximum Gasteiger partial charge on any atom is 0.408 e. The van der Waals surface area contributed by atoms with Crippen LogP contribution in [0.25, 0.3) is 0 Å². The van der Waals surface area contributed by atoms with Crippen molar-refractivity contribution in [1.29, 1.82) is 0 Å². The van der Waals surface area contributed by atoms with Crippen LogP contribution in [0.5, 0.6) is 5.75 Å². The molecule has 3 N–H and O–H groups in total. The zero-order valence-electron chi connectivity index (χ0n) is 24.9. The highest BCUT2D eigenvalue weighted by molar-refractivity contribution is 5.92. The van der Waals surface area contributed by atoms with E-state index in [1.54, 1.807) is 45.9 Å². The number of carbonyl (C=O) groups is 3. The van der Waals surface area contributed by atoms with Gasteiger partial charge in [-0.2, -0.15) is 0 Å². The fourth-order valence-corrected chi connectivity index (χ4v) is 4.22. The van der Waals surface area contributed by atoms with Gasteiger partial charge in [-0.15, -0.1) is 0 Å². The van der Waals surface area contributed by atoms with Crippen molar-refractivity contribution in [1.82, 2.24) is 15.5 Å². The van der Waals surface area contributed by atoms with Crippen molar-refractivity contribution in [3.8, 4) is 5.75 Å². The normalized spacial score (nSPS) is 13.1. The molecule has 8 nitrogen and oxygen atoms in total. The summed E-state index contributed by atoms with van der Waals surface area (Å²) in [6.07, 6.45) is 5.87. The SMILES string of the molecule is CCCCCCCN(C(=O)C(NC(=O)OC(C)(C)C)C(C)C)C(C(=O)NCCCC)c1cccc(C)c1O. The van der Waals surface area contributed by atoms with Crippen LogP contribution in [0.4, 0.5) is 4.79 Å². The minimum atomic E-state index is -1.04. The largest absolute Gasteiger partial charge is 0.507 e. The first-order chi connectivity index (χ1) is 17.8. The molecule has 216 valence electrons. The molecule has 0 saturated heterocycles. The highest BCUT2D eigenvalue weighted by atomic mass is 16.6. The standard InChI is InChI=1S/C30H51N3O5/c1-9-11-13-14-15-20-33(28(36)24(21(3)4)32-29(37)38-30(6,7)8)25(27(35)31-19-12-10-2)23-18-16-17-22(5)26(23)34/h16-18,21,24-25,34H,9-15,19-20H2,1-8H3,(H,31,35)(H,32,37). The molecule has 0 aliphatic rings. The van der Waals surface area contributed by atoms with E-state index in [0.29, 0.717) is 30.6 Å². The van der Waals surface area contributed by atoms with E-state index in [1.807, 2.05) is 20.8 Å². The smallest absolute Gasteiger partial charge is 0.408 e. The number of hydrogen-bond donors (Lipinski definition) is 3. The summed E-state index contributed by atoms with van der Waals surface area (Å²) >= 11 is 0. The number of ether oxygens (including phenoxy) is 1. The van der Waals surface area contributed by atoms with Gasteiger partial charge in [0.25, 0.3) is 0 Å². The Morgan fingerprint density at radius 2 is 1.63 bits per heavy atom. The van der Waals surface area contributed by atoms with Crippen molar-refractivity contribution in [2.24, 2.45) is 5.92 Å². The number of amides is 3. The number of unbranched alkanes of at least 4 members (excludes halogenated alkanes) is 5. The fourth-order valence-electron chi connectivity index (χ4n) is 4.22. The van der Waals surface area contributed by atoms with Gasteiger partial charge in [-0.3, -0.25) is 9.59 Å². The summed E-state index contributed by atoms with van der Waals surface area (Å²) in [7, 11) is 0. The van der Waals surface area contributed by atoms with Gasteiger partial charge >= 0.3 is 6.09 Å². The quantitative estimate of drug-likeness (QED) is 0.239. The average Bonchev–Trinajstić information content (AvgIpc) is 2.82. The molecule has 1 aromatic rings. The Labute approximate surface area is 229 Å². The second-order valence-electron chi connectivity index (χ2n) is 11.4. The zero-order valence-corrected chi connectivity index (χ0v) is 24.9. The summed E-state index contributed by atoms with van der Waals surface area (Å²) in [5, 5.41) is 16.7. The van der Waals surface area contributed by atoms with E-state index >= 15 is 0 Å². The molecule has 0 bridgehead atoms.